The maximum Gasteiger partial charge on any atom is 0.257 e. The number of para-hydroxylation sites is 2. The molecule has 0 unspecified atom stereocenters. The molecule has 0 spiro atoms. The van der Waals surface area contributed by atoms with Gasteiger partial charge in [-0.3, -0.25) is 0 Å². The van der Waals surface area contributed by atoms with Crippen LogP contribution in [0.25, 0.3) is 11.1 Å². The Morgan fingerprint density at radius 3 is 2.67 bits per heavy atom. The lowest BCUT2D eigenvalue weighted by Gasteiger charge is -2.00. The number of rotatable bonds is 3. The van der Waals surface area contributed by atoms with Gasteiger partial charge in [-0.05, 0) is 23.8 Å². The molecule has 18 heavy (non-hydrogen) atoms. The lowest BCUT2D eigenvalue weighted by Crippen LogP contribution is -1.81. The number of halogens is 1. The van der Waals surface area contributed by atoms with Gasteiger partial charge in [-0.2, -0.15) is 0 Å². The van der Waals surface area contributed by atoms with Crippen LogP contribution < -0.4 is 0 Å². The SMILES string of the molecule is Brc1ccccc1CSc1nc2ccccc2o1. The van der Waals surface area contributed by atoms with Crippen molar-refractivity contribution in [2.75, 3.05) is 0 Å². The first-order valence-corrected chi connectivity index (χ1v) is 7.32. The highest BCUT2D eigenvalue weighted by molar-refractivity contribution is 9.10. The Kier molecular flexibility index (Phi) is 3.39. The topological polar surface area (TPSA) is 26.0 Å². The third-order valence-electron chi connectivity index (χ3n) is 2.58. The van der Waals surface area contributed by atoms with E-state index in [0.29, 0.717) is 5.22 Å². The lowest BCUT2D eigenvalue weighted by atomic mass is 10.2. The van der Waals surface area contributed by atoms with Gasteiger partial charge >= 0.3 is 0 Å². The van der Waals surface area contributed by atoms with Crippen molar-refractivity contribution in [2.45, 2.75) is 11.0 Å². The second kappa shape index (κ2) is 5.16. The van der Waals surface area contributed by atoms with Gasteiger partial charge in [0.25, 0.3) is 5.22 Å². The lowest BCUT2D eigenvalue weighted by molar-refractivity contribution is 0.489. The molecule has 0 atom stereocenters. The van der Waals surface area contributed by atoms with Gasteiger partial charge in [0.1, 0.15) is 5.52 Å². The van der Waals surface area contributed by atoms with E-state index in [0.717, 1.165) is 21.3 Å². The van der Waals surface area contributed by atoms with Crippen LogP contribution in [0.1, 0.15) is 5.56 Å². The summed E-state index contributed by atoms with van der Waals surface area (Å²) in [5, 5.41) is 0.715. The van der Waals surface area contributed by atoms with E-state index in [1.807, 2.05) is 42.5 Å². The second-order valence-electron chi connectivity index (χ2n) is 3.83. The van der Waals surface area contributed by atoms with Gasteiger partial charge in [0.15, 0.2) is 5.58 Å². The molecule has 1 heterocycles. The molecule has 0 amide bonds. The van der Waals surface area contributed by atoms with Crippen molar-refractivity contribution in [3.63, 3.8) is 0 Å². The van der Waals surface area contributed by atoms with Gasteiger partial charge in [-0.1, -0.05) is 58.0 Å². The highest BCUT2D eigenvalue weighted by atomic mass is 79.9. The minimum Gasteiger partial charge on any atom is -0.431 e. The fourth-order valence-electron chi connectivity index (χ4n) is 1.67. The molecule has 2 aromatic carbocycles. The third-order valence-corrected chi connectivity index (χ3v) is 4.23. The fraction of sp³-hybridized carbons (Fsp3) is 0.0714. The van der Waals surface area contributed by atoms with E-state index in [2.05, 4.69) is 27.0 Å². The summed E-state index contributed by atoms with van der Waals surface area (Å²) in [6.07, 6.45) is 0. The number of fused-ring (bicyclic) bond motifs is 1. The van der Waals surface area contributed by atoms with E-state index in [1.54, 1.807) is 11.8 Å². The van der Waals surface area contributed by atoms with Crippen LogP contribution in [-0.2, 0) is 5.75 Å². The summed E-state index contributed by atoms with van der Waals surface area (Å²) in [4.78, 5) is 4.44. The molecule has 1 aromatic heterocycles. The summed E-state index contributed by atoms with van der Waals surface area (Å²) < 4.78 is 6.79. The monoisotopic (exact) mass is 319 g/mol. The molecule has 90 valence electrons. The standard InChI is InChI=1S/C14H10BrNOS/c15-11-6-2-1-5-10(11)9-18-14-16-12-7-3-4-8-13(12)17-14/h1-8H,9H2. The zero-order valence-electron chi connectivity index (χ0n) is 9.47. The molecule has 0 N–H and O–H groups in total. The number of hydrogen-bond donors (Lipinski definition) is 0. The van der Waals surface area contributed by atoms with Crippen LogP contribution in [0, 0.1) is 0 Å². The molecular formula is C14H10BrNOS. The van der Waals surface area contributed by atoms with Crippen LogP contribution in [-0.4, -0.2) is 4.98 Å². The van der Waals surface area contributed by atoms with Gasteiger partial charge in [-0.15, -0.1) is 0 Å². The van der Waals surface area contributed by atoms with E-state index >= 15 is 0 Å². The van der Waals surface area contributed by atoms with Crippen LogP contribution in [0.4, 0.5) is 0 Å². The van der Waals surface area contributed by atoms with E-state index < -0.39 is 0 Å². The number of aromatic nitrogens is 1. The van der Waals surface area contributed by atoms with Crippen molar-refractivity contribution in [3.8, 4) is 0 Å². The van der Waals surface area contributed by atoms with Gasteiger partial charge < -0.3 is 4.42 Å². The van der Waals surface area contributed by atoms with Crippen LogP contribution >= 0.6 is 27.7 Å². The number of nitrogens with zero attached hydrogens (tertiary/aromatic N) is 1. The highest BCUT2D eigenvalue weighted by Gasteiger charge is 2.06. The molecule has 0 saturated heterocycles. The molecule has 3 rings (SSSR count). The Labute approximate surface area is 118 Å². The molecule has 0 saturated carbocycles. The van der Waals surface area contributed by atoms with E-state index in [9.17, 15) is 0 Å². The van der Waals surface area contributed by atoms with Crippen LogP contribution in [0.5, 0.6) is 0 Å². The zero-order valence-corrected chi connectivity index (χ0v) is 11.9. The van der Waals surface area contributed by atoms with Crippen molar-refractivity contribution < 1.29 is 4.42 Å². The summed E-state index contributed by atoms with van der Waals surface area (Å²) in [6.45, 7) is 0. The van der Waals surface area contributed by atoms with Gasteiger partial charge in [0.2, 0.25) is 0 Å². The number of oxazole rings is 1. The normalized spacial score (nSPS) is 10.9. The molecule has 0 aliphatic carbocycles. The predicted octanol–water partition coefficient (Wildman–Crippen LogP) is 4.88. The van der Waals surface area contributed by atoms with Crippen LogP contribution in [0.2, 0.25) is 0 Å². The third kappa shape index (κ3) is 2.44. The minimum atomic E-state index is 0.715. The maximum atomic E-state index is 5.67. The molecule has 0 aliphatic heterocycles. The summed E-state index contributed by atoms with van der Waals surface area (Å²) in [7, 11) is 0. The first-order chi connectivity index (χ1) is 8.83. The summed E-state index contributed by atoms with van der Waals surface area (Å²) in [6, 6.07) is 16.0. The molecule has 0 aliphatic rings. The second-order valence-corrected chi connectivity index (χ2v) is 5.61. The Morgan fingerprint density at radius 2 is 1.83 bits per heavy atom. The Morgan fingerprint density at radius 1 is 1.06 bits per heavy atom. The Bertz CT molecular complexity index is 647. The number of thioether (sulfide) groups is 1. The van der Waals surface area contributed by atoms with Crippen molar-refractivity contribution >= 4 is 38.8 Å². The quantitative estimate of drug-likeness (QED) is 0.643. The smallest absolute Gasteiger partial charge is 0.257 e. The van der Waals surface area contributed by atoms with Crippen molar-refractivity contribution in [1.82, 2.24) is 4.98 Å². The van der Waals surface area contributed by atoms with Gasteiger partial charge in [-0.25, -0.2) is 4.98 Å². The average molecular weight is 320 g/mol. The van der Waals surface area contributed by atoms with Crippen molar-refractivity contribution in [1.29, 1.82) is 0 Å². The molecule has 4 heteroatoms. The zero-order chi connectivity index (χ0) is 12.4. The average Bonchev–Trinajstić information content (AvgIpc) is 2.80. The molecule has 3 aromatic rings. The van der Waals surface area contributed by atoms with Crippen LogP contribution in [0.3, 0.4) is 0 Å². The first-order valence-electron chi connectivity index (χ1n) is 5.55. The Balaban J connectivity index is 1.79. The number of hydrogen-bond acceptors (Lipinski definition) is 3. The summed E-state index contributed by atoms with van der Waals surface area (Å²) >= 11 is 5.15. The fourth-order valence-corrected chi connectivity index (χ4v) is 3.12. The van der Waals surface area contributed by atoms with E-state index in [4.69, 9.17) is 4.42 Å². The largest absolute Gasteiger partial charge is 0.431 e. The number of benzene rings is 2. The van der Waals surface area contributed by atoms with Gasteiger partial charge in [0.05, 0.1) is 0 Å². The molecule has 0 radical (unpaired) electrons. The van der Waals surface area contributed by atoms with Crippen molar-refractivity contribution in [2.24, 2.45) is 0 Å². The Hall–Kier alpha value is -1.26. The summed E-state index contributed by atoms with van der Waals surface area (Å²) in [5.41, 5.74) is 2.99. The molecule has 0 bridgehead atoms. The minimum absolute atomic E-state index is 0.715. The highest BCUT2D eigenvalue weighted by Crippen LogP contribution is 2.28. The predicted molar refractivity (Wildman–Crippen MR) is 77.7 cm³/mol. The maximum absolute atomic E-state index is 5.67. The first kappa shape index (κ1) is 11.8. The summed E-state index contributed by atoms with van der Waals surface area (Å²) in [5.74, 6) is 0.842. The molecule has 0 fully saturated rings. The molecule has 2 nitrogen and oxygen atoms in total. The van der Waals surface area contributed by atoms with E-state index in [1.165, 1.54) is 5.56 Å². The van der Waals surface area contributed by atoms with E-state index in [-0.39, 0.29) is 0 Å². The molecular weight excluding hydrogens is 310 g/mol. The van der Waals surface area contributed by atoms with Crippen LogP contribution in [0.15, 0.2) is 62.6 Å². The van der Waals surface area contributed by atoms with Gasteiger partial charge in [0, 0.05) is 10.2 Å². The van der Waals surface area contributed by atoms with Crippen molar-refractivity contribution in [3.05, 3.63) is 58.6 Å².